The van der Waals surface area contributed by atoms with Crippen LogP contribution in [-0.4, -0.2) is 45.6 Å². The molecule has 1 saturated carbocycles. The molecule has 0 saturated heterocycles. The molecule has 0 aromatic heterocycles. The van der Waals surface area contributed by atoms with Crippen molar-refractivity contribution < 1.29 is 9.47 Å². The molecule has 0 spiro atoms. The van der Waals surface area contributed by atoms with Gasteiger partial charge < -0.3 is 20.5 Å². The van der Waals surface area contributed by atoms with Gasteiger partial charge in [-0.1, -0.05) is 13.8 Å². The first kappa shape index (κ1) is 13.9. The average molecular weight is 230 g/mol. The Morgan fingerprint density at radius 3 is 2.56 bits per heavy atom. The number of hydrogen-bond donors (Lipinski definition) is 2. The first-order chi connectivity index (χ1) is 7.56. The van der Waals surface area contributed by atoms with Gasteiger partial charge in [-0.25, -0.2) is 0 Å². The van der Waals surface area contributed by atoms with Gasteiger partial charge in [0.05, 0.1) is 12.2 Å². The van der Waals surface area contributed by atoms with Crippen LogP contribution in [0.2, 0.25) is 0 Å². The second kappa shape index (κ2) is 5.96. The molecule has 96 valence electrons. The molecule has 1 aliphatic carbocycles. The highest BCUT2D eigenvalue weighted by atomic mass is 16.5. The molecule has 16 heavy (non-hydrogen) atoms. The number of rotatable bonds is 7. The monoisotopic (exact) mass is 230 g/mol. The minimum absolute atomic E-state index is 0.175. The van der Waals surface area contributed by atoms with E-state index in [0.717, 1.165) is 19.4 Å². The minimum Gasteiger partial charge on any atom is -0.381 e. The summed E-state index contributed by atoms with van der Waals surface area (Å²) in [6.45, 7) is 6.05. The minimum atomic E-state index is 0.175. The highest BCUT2D eigenvalue weighted by Gasteiger charge is 2.47. The van der Waals surface area contributed by atoms with Crippen LogP contribution in [0.3, 0.4) is 0 Å². The van der Waals surface area contributed by atoms with E-state index in [0.29, 0.717) is 18.7 Å². The Morgan fingerprint density at radius 2 is 2.12 bits per heavy atom. The van der Waals surface area contributed by atoms with Crippen LogP contribution in [0.1, 0.15) is 26.7 Å². The van der Waals surface area contributed by atoms with E-state index in [1.807, 2.05) is 0 Å². The standard InChI is InChI=1S/C12H26N2O2/c1-12(2)10(7-11(12)16-4)14-6-5-9(8-13)15-3/h9-11,14H,5-8,13H2,1-4H3. The average Bonchev–Trinajstić information content (AvgIpc) is 2.27. The Kier molecular flexibility index (Phi) is 5.18. The molecule has 4 heteroatoms. The van der Waals surface area contributed by atoms with Crippen LogP contribution >= 0.6 is 0 Å². The van der Waals surface area contributed by atoms with Crippen LogP contribution in [-0.2, 0) is 9.47 Å². The van der Waals surface area contributed by atoms with Crippen LogP contribution in [0.5, 0.6) is 0 Å². The third-order valence-corrected chi connectivity index (χ3v) is 3.92. The Balaban J connectivity index is 2.20. The SMILES string of the molecule is COC(CN)CCNC1CC(OC)C1(C)C. The Labute approximate surface area is 98.9 Å². The van der Waals surface area contributed by atoms with E-state index in [-0.39, 0.29) is 11.5 Å². The highest BCUT2D eigenvalue weighted by Crippen LogP contribution is 2.42. The fraction of sp³-hybridized carbons (Fsp3) is 1.00. The summed E-state index contributed by atoms with van der Waals surface area (Å²) in [5, 5.41) is 3.56. The van der Waals surface area contributed by atoms with E-state index in [4.69, 9.17) is 15.2 Å². The largest absolute Gasteiger partial charge is 0.381 e. The molecule has 0 amide bonds. The maximum atomic E-state index is 5.57. The van der Waals surface area contributed by atoms with E-state index in [2.05, 4.69) is 19.2 Å². The third-order valence-electron chi connectivity index (χ3n) is 3.92. The first-order valence-electron chi connectivity index (χ1n) is 6.05. The lowest BCUT2D eigenvalue weighted by molar-refractivity contribution is -0.0978. The number of nitrogens with two attached hydrogens (primary N) is 1. The summed E-state index contributed by atoms with van der Waals surface area (Å²) in [5.41, 5.74) is 5.81. The van der Waals surface area contributed by atoms with Gasteiger partial charge in [0.2, 0.25) is 0 Å². The predicted molar refractivity (Wildman–Crippen MR) is 65.5 cm³/mol. The summed E-state index contributed by atoms with van der Waals surface area (Å²) in [6, 6.07) is 0.549. The summed E-state index contributed by atoms with van der Waals surface area (Å²) in [5.74, 6) is 0. The van der Waals surface area contributed by atoms with E-state index >= 15 is 0 Å². The number of ether oxygens (including phenoxy) is 2. The van der Waals surface area contributed by atoms with E-state index in [1.165, 1.54) is 0 Å². The maximum absolute atomic E-state index is 5.57. The first-order valence-corrected chi connectivity index (χ1v) is 6.05. The van der Waals surface area contributed by atoms with Gasteiger partial charge in [-0.3, -0.25) is 0 Å². The zero-order valence-corrected chi connectivity index (χ0v) is 11.0. The molecule has 0 bridgehead atoms. The number of hydrogen-bond acceptors (Lipinski definition) is 4. The summed E-state index contributed by atoms with van der Waals surface area (Å²) in [7, 11) is 3.50. The Bertz CT molecular complexity index is 205. The molecular formula is C12H26N2O2. The lowest BCUT2D eigenvalue weighted by atomic mass is 9.64. The van der Waals surface area contributed by atoms with E-state index in [1.54, 1.807) is 14.2 Å². The molecule has 1 rings (SSSR count). The summed E-state index contributed by atoms with van der Waals surface area (Å²) in [6.07, 6.45) is 2.63. The molecular weight excluding hydrogens is 204 g/mol. The number of nitrogens with one attached hydrogen (secondary N) is 1. The second-order valence-corrected chi connectivity index (χ2v) is 5.17. The normalized spacial score (nSPS) is 29.8. The lowest BCUT2D eigenvalue weighted by Crippen LogP contribution is -2.60. The van der Waals surface area contributed by atoms with Gasteiger partial charge in [0.25, 0.3) is 0 Å². The van der Waals surface area contributed by atoms with Crippen molar-refractivity contribution in [1.29, 1.82) is 0 Å². The van der Waals surface area contributed by atoms with E-state index in [9.17, 15) is 0 Å². The summed E-state index contributed by atoms with van der Waals surface area (Å²) < 4.78 is 10.7. The molecule has 1 aliphatic rings. The van der Waals surface area contributed by atoms with Crippen LogP contribution in [0.4, 0.5) is 0 Å². The van der Waals surface area contributed by atoms with Gasteiger partial charge in [-0.05, 0) is 19.4 Å². The van der Waals surface area contributed by atoms with Crippen molar-refractivity contribution in [1.82, 2.24) is 5.32 Å². The zero-order chi connectivity index (χ0) is 12.2. The molecule has 3 unspecified atom stereocenters. The fourth-order valence-corrected chi connectivity index (χ4v) is 2.38. The molecule has 3 N–H and O–H groups in total. The third kappa shape index (κ3) is 2.94. The highest BCUT2D eigenvalue weighted by molar-refractivity contribution is 5.02. The smallest absolute Gasteiger partial charge is 0.0705 e. The van der Waals surface area contributed by atoms with Gasteiger partial charge in [0, 0.05) is 32.2 Å². The van der Waals surface area contributed by atoms with Crippen LogP contribution in [0.25, 0.3) is 0 Å². The van der Waals surface area contributed by atoms with Crippen LogP contribution in [0.15, 0.2) is 0 Å². The topological polar surface area (TPSA) is 56.5 Å². The van der Waals surface area contributed by atoms with Gasteiger partial charge in [-0.15, -0.1) is 0 Å². The molecule has 4 nitrogen and oxygen atoms in total. The fourth-order valence-electron chi connectivity index (χ4n) is 2.38. The summed E-state index contributed by atoms with van der Waals surface area (Å²) in [4.78, 5) is 0. The van der Waals surface area contributed by atoms with E-state index < -0.39 is 0 Å². The number of methoxy groups -OCH3 is 2. The van der Waals surface area contributed by atoms with Gasteiger partial charge in [-0.2, -0.15) is 0 Å². The predicted octanol–water partition coefficient (Wildman–Crippen LogP) is 0.753. The molecule has 3 atom stereocenters. The molecule has 0 heterocycles. The second-order valence-electron chi connectivity index (χ2n) is 5.17. The quantitative estimate of drug-likeness (QED) is 0.678. The van der Waals surface area contributed by atoms with Crippen molar-refractivity contribution in [2.45, 2.75) is 44.9 Å². The Morgan fingerprint density at radius 1 is 1.44 bits per heavy atom. The van der Waals surface area contributed by atoms with Crippen molar-refractivity contribution in [3.63, 3.8) is 0 Å². The van der Waals surface area contributed by atoms with Gasteiger partial charge >= 0.3 is 0 Å². The maximum Gasteiger partial charge on any atom is 0.0705 e. The van der Waals surface area contributed by atoms with Crippen molar-refractivity contribution in [3.8, 4) is 0 Å². The molecule has 0 aromatic rings. The van der Waals surface area contributed by atoms with Gasteiger partial charge in [0.1, 0.15) is 0 Å². The molecule has 0 aliphatic heterocycles. The zero-order valence-electron chi connectivity index (χ0n) is 11.0. The van der Waals surface area contributed by atoms with Crippen LogP contribution in [0, 0.1) is 5.41 Å². The van der Waals surface area contributed by atoms with Crippen LogP contribution < -0.4 is 11.1 Å². The molecule has 0 aromatic carbocycles. The summed E-state index contributed by atoms with van der Waals surface area (Å²) >= 11 is 0. The molecule has 1 fully saturated rings. The lowest BCUT2D eigenvalue weighted by Gasteiger charge is -2.51. The van der Waals surface area contributed by atoms with Crippen molar-refractivity contribution in [3.05, 3.63) is 0 Å². The van der Waals surface area contributed by atoms with Crippen molar-refractivity contribution >= 4 is 0 Å². The Hall–Kier alpha value is -0.160. The molecule has 0 radical (unpaired) electrons. The van der Waals surface area contributed by atoms with Crippen molar-refractivity contribution in [2.24, 2.45) is 11.1 Å². The van der Waals surface area contributed by atoms with Gasteiger partial charge in [0.15, 0.2) is 0 Å². The van der Waals surface area contributed by atoms with Crippen molar-refractivity contribution in [2.75, 3.05) is 27.3 Å².